The van der Waals surface area contributed by atoms with Gasteiger partial charge in [-0.15, -0.1) is 0 Å². The smallest absolute Gasteiger partial charge is 0.0417 e. The molecule has 1 saturated carbocycles. The third-order valence-corrected chi connectivity index (χ3v) is 5.04. The summed E-state index contributed by atoms with van der Waals surface area (Å²) in [7, 11) is 0. The lowest BCUT2D eigenvalue weighted by atomic mass is 9.86. The van der Waals surface area contributed by atoms with Crippen LogP contribution >= 0.6 is 0 Å². The maximum absolute atomic E-state index is 2.48. The molecule has 0 heterocycles. The highest BCUT2D eigenvalue weighted by molar-refractivity contribution is 4.63. The molecular formula is C18H36. The van der Waals surface area contributed by atoms with E-state index in [1.54, 1.807) is 0 Å². The molecule has 108 valence electrons. The summed E-state index contributed by atoms with van der Waals surface area (Å²) in [6.07, 6.45) is 20.8. The predicted molar refractivity (Wildman–Crippen MR) is 83.0 cm³/mol. The molecule has 0 N–H and O–H groups in total. The second-order valence-electron chi connectivity index (χ2n) is 6.77. The molecule has 2 atom stereocenters. The van der Waals surface area contributed by atoms with Crippen molar-refractivity contribution in [3.8, 4) is 0 Å². The fourth-order valence-corrected chi connectivity index (χ4v) is 3.27. The van der Waals surface area contributed by atoms with E-state index >= 15 is 0 Å². The van der Waals surface area contributed by atoms with Gasteiger partial charge in [0.25, 0.3) is 0 Å². The summed E-state index contributed by atoms with van der Waals surface area (Å²) in [5.41, 5.74) is 0. The van der Waals surface area contributed by atoms with E-state index in [1.165, 1.54) is 89.9 Å². The van der Waals surface area contributed by atoms with Gasteiger partial charge in [0.2, 0.25) is 0 Å². The van der Waals surface area contributed by atoms with E-state index < -0.39 is 0 Å². The molecule has 0 aliphatic heterocycles. The second-order valence-corrected chi connectivity index (χ2v) is 6.77. The van der Waals surface area contributed by atoms with Crippen LogP contribution in [0.1, 0.15) is 104 Å². The van der Waals surface area contributed by atoms with Gasteiger partial charge in [-0.25, -0.2) is 0 Å². The molecule has 0 aromatic rings. The van der Waals surface area contributed by atoms with E-state index in [-0.39, 0.29) is 0 Å². The van der Waals surface area contributed by atoms with Gasteiger partial charge in [-0.3, -0.25) is 0 Å². The summed E-state index contributed by atoms with van der Waals surface area (Å²) >= 11 is 0. The van der Waals surface area contributed by atoms with Crippen molar-refractivity contribution in [1.82, 2.24) is 0 Å². The molecule has 18 heavy (non-hydrogen) atoms. The van der Waals surface area contributed by atoms with E-state index in [1.807, 2.05) is 0 Å². The van der Waals surface area contributed by atoms with Crippen LogP contribution in [0.2, 0.25) is 0 Å². The highest BCUT2D eigenvalue weighted by atomic mass is 14.2. The van der Waals surface area contributed by atoms with Crippen LogP contribution in [0.4, 0.5) is 0 Å². The van der Waals surface area contributed by atoms with Gasteiger partial charge in [-0.1, -0.05) is 104 Å². The molecule has 1 rings (SSSR count). The van der Waals surface area contributed by atoms with Crippen LogP contribution in [0.15, 0.2) is 0 Å². The Bertz CT molecular complexity index is 153. The summed E-state index contributed by atoms with van der Waals surface area (Å²) < 4.78 is 0. The molecule has 0 aromatic heterocycles. The van der Waals surface area contributed by atoms with Crippen molar-refractivity contribution in [3.63, 3.8) is 0 Å². The molecule has 0 heteroatoms. The van der Waals surface area contributed by atoms with Crippen LogP contribution in [0.25, 0.3) is 0 Å². The molecule has 2 unspecified atom stereocenters. The summed E-state index contributed by atoms with van der Waals surface area (Å²) in [5, 5.41) is 0. The van der Waals surface area contributed by atoms with Gasteiger partial charge >= 0.3 is 0 Å². The van der Waals surface area contributed by atoms with E-state index in [9.17, 15) is 0 Å². The SMILES string of the molecule is CC1CCCCCCCCCCCCCCC1C. The van der Waals surface area contributed by atoms with E-state index in [0.29, 0.717) is 0 Å². The lowest BCUT2D eigenvalue weighted by Crippen LogP contribution is -2.08. The topological polar surface area (TPSA) is 0 Å². The summed E-state index contributed by atoms with van der Waals surface area (Å²) in [4.78, 5) is 0. The molecule has 0 saturated heterocycles. The molecular weight excluding hydrogens is 216 g/mol. The molecule has 0 nitrogen and oxygen atoms in total. The minimum Gasteiger partial charge on any atom is -0.0623 e. The zero-order chi connectivity index (χ0) is 13.1. The molecule has 0 bridgehead atoms. The molecule has 1 fully saturated rings. The van der Waals surface area contributed by atoms with E-state index in [0.717, 1.165) is 11.8 Å². The largest absolute Gasteiger partial charge is 0.0623 e. The summed E-state index contributed by atoms with van der Waals surface area (Å²) in [6, 6.07) is 0. The van der Waals surface area contributed by atoms with Crippen LogP contribution in [-0.2, 0) is 0 Å². The first-order valence-corrected chi connectivity index (χ1v) is 8.80. The van der Waals surface area contributed by atoms with Crippen LogP contribution in [-0.4, -0.2) is 0 Å². The van der Waals surface area contributed by atoms with Gasteiger partial charge in [0.1, 0.15) is 0 Å². The average molecular weight is 252 g/mol. The third-order valence-electron chi connectivity index (χ3n) is 5.04. The molecule has 0 amide bonds. The van der Waals surface area contributed by atoms with Crippen molar-refractivity contribution >= 4 is 0 Å². The van der Waals surface area contributed by atoms with E-state index in [4.69, 9.17) is 0 Å². The van der Waals surface area contributed by atoms with Gasteiger partial charge < -0.3 is 0 Å². The van der Waals surface area contributed by atoms with Crippen molar-refractivity contribution in [2.24, 2.45) is 11.8 Å². The first-order valence-electron chi connectivity index (χ1n) is 8.80. The monoisotopic (exact) mass is 252 g/mol. The van der Waals surface area contributed by atoms with Crippen LogP contribution in [0, 0.1) is 11.8 Å². The minimum absolute atomic E-state index is 0.956. The van der Waals surface area contributed by atoms with Gasteiger partial charge in [-0.2, -0.15) is 0 Å². The Morgan fingerprint density at radius 1 is 0.389 bits per heavy atom. The Morgan fingerprint density at radius 3 is 0.889 bits per heavy atom. The Hall–Kier alpha value is 0. The maximum atomic E-state index is 2.48. The fraction of sp³-hybridized carbons (Fsp3) is 1.00. The molecule has 1 aliphatic rings. The van der Waals surface area contributed by atoms with Gasteiger partial charge in [-0.05, 0) is 11.8 Å². The quantitative estimate of drug-likeness (QED) is 0.448. The van der Waals surface area contributed by atoms with Crippen molar-refractivity contribution in [1.29, 1.82) is 0 Å². The third kappa shape index (κ3) is 8.16. The predicted octanol–water partition coefficient (Wildman–Crippen LogP) is 6.73. The minimum atomic E-state index is 0.956. The van der Waals surface area contributed by atoms with Gasteiger partial charge in [0.05, 0.1) is 0 Å². The Kier molecular flexibility index (Phi) is 9.70. The second kappa shape index (κ2) is 10.9. The molecule has 0 spiro atoms. The number of hydrogen-bond donors (Lipinski definition) is 0. The lowest BCUT2D eigenvalue weighted by molar-refractivity contribution is 0.321. The lowest BCUT2D eigenvalue weighted by Gasteiger charge is -2.20. The van der Waals surface area contributed by atoms with Crippen molar-refractivity contribution < 1.29 is 0 Å². The fourth-order valence-electron chi connectivity index (χ4n) is 3.27. The van der Waals surface area contributed by atoms with E-state index in [2.05, 4.69) is 13.8 Å². The van der Waals surface area contributed by atoms with Crippen molar-refractivity contribution in [2.45, 2.75) is 104 Å². The highest BCUT2D eigenvalue weighted by Gasteiger charge is 2.11. The normalized spacial score (nSPS) is 31.0. The average Bonchev–Trinajstić information content (AvgIpc) is 2.37. The molecule has 0 aromatic carbocycles. The Morgan fingerprint density at radius 2 is 0.611 bits per heavy atom. The maximum Gasteiger partial charge on any atom is -0.0417 e. The number of hydrogen-bond acceptors (Lipinski definition) is 0. The van der Waals surface area contributed by atoms with Crippen LogP contribution in [0.5, 0.6) is 0 Å². The van der Waals surface area contributed by atoms with Crippen LogP contribution in [0.3, 0.4) is 0 Å². The van der Waals surface area contributed by atoms with Gasteiger partial charge in [0.15, 0.2) is 0 Å². The standard InChI is InChI=1S/C18H36/c1-17-15-13-11-9-7-5-3-4-6-8-10-12-14-16-18(17)2/h17-18H,3-16H2,1-2H3. The Balaban J connectivity index is 2.19. The number of rotatable bonds is 0. The summed E-state index contributed by atoms with van der Waals surface area (Å²) in [5.74, 6) is 1.91. The first kappa shape index (κ1) is 16.1. The van der Waals surface area contributed by atoms with Crippen molar-refractivity contribution in [3.05, 3.63) is 0 Å². The Labute approximate surface area is 116 Å². The van der Waals surface area contributed by atoms with Gasteiger partial charge in [0, 0.05) is 0 Å². The highest BCUT2D eigenvalue weighted by Crippen LogP contribution is 2.24. The van der Waals surface area contributed by atoms with Crippen molar-refractivity contribution in [2.75, 3.05) is 0 Å². The van der Waals surface area contributed by atoms with Crippen LogP contribution < -0.4 is 0 Å². The molecule has 1 aliphatic carbocycles. The molecule has 0 radical (unpaired) electrons. The first-order chi connectivity index (χ1) is 8.80. The summed E-state index contributed by atoms with van der Waals surface area (Å²) in [6.45, 7) is 4.96. The zero-order valence-corrected chi connectivity index (χ0v) is 13.1. The zero-order valence-electron chi connectivity index (χ0n) is 13.1.